The molecule has 2 rings (SSSR count). The minimum absolute atomic E-state index is 0. The molecule has 0 spiro atoms. The summed E-state index contributed by atoms with van der Waals surface area (Å²) in [5.74, 6) is 0. The molecular weight excluding hydrogens is 441 g/mol. The first-order valence-corrected chi connectivity index (χ1v) is 10.1. The summed E-state index contributed by atoms with van der Waals surface area (Å²) in [5, 5.41) is 42.2. The second-order valence-corrected chi connectivity index (χ2v) is 7.91. The van der Waals surface area contributed by atoms with E-state index in [0.717, 1.165) is 17.3 Å². The van der Waals surface area contributed by atoms with Gasteiger partial charge in [-0.3, -0.25) is 4.28 Å². The van der Waals surface area contributed by atoms with E-state index in [0.29, 0.717) is 6.42 Å². The predicted molar refractivity (Wildman–Crippen MR) is 94.3 cm³/mol. The summed E-state index contributed by atoms with van der Waals surface area (Å²) in [5.41, 5.74) is -0.266. The fourth-order valence-electron chi connectivity index (χ4n) is 2.41. The normalized spacial score (nSPS) is 28.5. The van der Waals surface area contributed by atoms with Crippen molar-refractivity contribution in [1.82, 2.24) is 0 Å². The van der Waals surface area contributed by atoms with Gasteiger partial charge in [0.05, 0.1) is 6.61 Å². The summed E-state index contributed by atoms with van der Waals surface area (Å²) < 4.78 is 41.3. The van der Waals surface area contributed by atoms with Crippen LogP contribution in [0, 0.1) is 0 Å². The number of hydrogen-bond acceptors (Lipinski definition) is 11. The van der Waals surface area contributed by atoms with Crippen LogP contribution >= 0.6 is 11.8 Å². The van der Waals surface area contributed by atoms with Gasteiger partial charge >= 0.3 is 51.4 Å². The minimum atomic E-state index is -5.07. The van der Waals surface area contributed by atoms with Gasteiger partial charge in [0.15, 0.2) is 0 Å². The Balaban J connectivity index is 0.00000392. The van der Waals surface area contributed by atoms with E-state index < -0.39 is 46.9 Å². The molecule has 10 nitrogen and oxygen atoms in total. The van der Waals surface area contributed by atoms with Crippen LogP contribution in [-0.2, 0) is 25.8 Å². The molecule has 4 N–H and O–H groups in total. The number of oxime groups is 1. The van der Waals surface area contributed by atoms with E-state index >= 15 is 0 Å². The van der Waals surface area contributed by atoms with Gasteiger partial charge < -0.3 is 29.7 Å². The maximum Gasteiger partial charge on any atom is 1.00 e. The summed E-state index contributed by atoms with van der Waals surface area (Å²) in [6, 6.07) is 9.13. The van der Waals surface area contributed by atoms with Crippen LogP contribution in [0.3, 0.4) is 0 Å². The zero-order valence-corrected chi connectivity index (χ0v) is 19.7. The Kier molecular flexibility index (Phi) is 11.6. The summed E-state index contributed by atoms with van der Waals surface area (Å²) in [4.78, 5) is 0. The fourth-order valence-corrected chi connectivity index (χ4v) is 3.70. The number of aryl methyl sites for hydroxylation is 1. The van der Waals surface area contributed by atoms with E-state index in [9.17, 15) is 33.4 Å². The standard InChI is InChI=1S/C15H21NO9S2.K/c17-8-10-12(18)13(19)14(20)15(24-10)26-11(16-25-27(21,22)23)7-6-9-4-2-1-3-5-9;/h1-5,10,12-15,17-20H,6-8H2,(H,21,22,23);/q;+1/p-1/b16-11-;/t10-,12-,13+,14-,15+;/m1./s1. The molecule has 1 fully saturated rings. The third-order valence-electron chi connectivity index (χ3n) is 3.80. The zero-order chi connectivity index (χ0) is 20.0. The molecule has 152 valence electrons. The molecule has 1 heterocycles. The van der Waals surface area contributed by atoms with Crippen LogP contribution in [0.4, 0.5) is 0 Å². The molecule has 1 aromatic carbocycles. The average molecular weight is 462 g/mol. The van der Waals surface area contributed by atoms with Crippen LogP contribution in [0.15, 0.2) is 35.5 Å². The van der Waals surface area contributed by atoms with Crippen LogP contribution in [0.1, 0.15) is 12.0 Å². The van der Waals surface area contributed by atoms with Gasteiger partial charge in [-0.1, -0.05) is 47.2 Å². The number of ether oxygens (including phenoxy) is 1. The van der Waals surface area contributed by atoms with Crippen molar-refractivity contribution >= 4 is 27.2 Å². The molecule has 28 heavy (non-hydrogen) atoms. The second-order valence-electron chi connectivity index (χ2n) is 5.77. The van der Waals surface area contributed by atoms with Crippen molar-refractivity contribution in [3.63, 3.8) is 0 Å². The Morgan fingerprint density at radius 3 is 2.39 bits per heavy atom. The van der Waals surface area contributed by atoms with Gasteiger partial charge in [-0.05, 0) is 12.0 Å². The molecule has 5 atom stereocenters. The van der Waals surface area contributed by atoms with E-state index in [1.54, 1.807) is 0 Å². The van der Waals surface area contributed by atoms with E-state index in [4.69, 9.17) is 4.74 Å². The first kappa shape index (κ1) is 26.4. The fraction of sp³-hybridized carbons (Fsp3) is 0.533. The Hall–Kier alpha value is 0.386. The molecule has 1 aliphatic heterocycles. The average Bonchev–Trinajstić information content (AvgIpc) is 2.64. The largest absolute Gasteiger partial charge is 1.00 e. The molecule has 0 amide bonds. The molecule has 1 saturated heterocycles. The van der Waals surface area contributed by atoms with Gasteiger partial charge in [0.2, 0.25) is 0 Å². The van der Waals surface area contributed by atoms with Crippen LogP contribution in [-0.4, -0.2) is 74.9 Å². The number of benzene rings is 1. The van der Waals surface area contributed by atoms with Gasteiger partial charge in [0, 0.05) is 6.42 Å². The van der Waals surface area contributed by atoms with E-state index in [1.165, 1.54) is 0 Å². The Morgan fingerprint density at radius 2 is 1.82 bits per heavy atom. The first-order chi connectivity index (χ1) is 12.7. The number of aliphatic hydroxyl groups is 4. The minimum Gasteiger partial charge on any atom is -0.714 e. The van der Waals surface area contributed by atoms with Crippen molar-refractivity contribution in [2.45, 2.75) is 42.7 Å². The third kappa shape index (κ3) is 8.26. The van der Waals surface area contributed by atoms with Crippen molar-refractivity contribution in [3.05, 3.63) is 35.9 Å². The third-order valence-corrected chi connectivity index (χ3v) is 5.23. The van der Waals surface area contributed by atoms with Crippen molar-refractivity contribution in [2.24, 2.45) is 5.16 Å². The zero-order valence-electron chi connectivity index (χ0n) is 15.0. The van der Waals surface area contributed by atoms with Crippen molar-refractivity contribution in [2.75, 3.05) is 6.61 Å². The molecule has 0 unspecified atom stereocenters. The second kappa shape index (κ2) is 12.3. The molecule has 13 heteroatoms. The Morgan fingerprint density at radius 1 is 1.18 bits per heavy atom. The van der Waals surface area contributed by atoms with Crippen LogP contribution in [0.5, 0.6) is 0 Å². The van der Waals surface area contributed by atoms with E-state index in [1.807, 2.05) is 30.3 Å². The van der Waals surface area contributed by atoms with E-state index in [2.05, 4.69) is 9.44 Å². The smallest absolute Gasteiger partial charge is 0.714 e. The number of aliphatic hydroxyl groups excluding tert-OH is 4. The molecular formula is C15H20KNO9S2. The van der Waals surface area contributed by atoms with Gasteiger partial charge in [-0.2, -0.15) is 8.42 Å². The molecule has 0 bridgehead atoms. The maximum absolute atomic E-state index is 10.7. The molecule has 0 aliphatic carbocycles. The number of rotatable bonds is 7. The molecule has 1 aromatic rings. The predicted octanol–water partition coefficient (Wildman–Crippen LogP) is -4.05. The molecule has 1 aliphatic rings. The Labute approximate surface area is 209 Å². The molecule has 0 radical (unpaired) electrons. The summed E-state index contributed by atoms with van der Waals surface area (Å²) >= 11 is 0.726. The first-order valence-electron chi connectivity index (χ1n) is 7.93. The number of hydrogen-bond donors (Lipinski definition) is 4. The molecule has 0 saturated carbocycles. The maximum atomic E-state index is 10.7. The van der Waals surface area contributed by atoms with E-state index in [-0.39, 0.29) is 62.8 Å². The number of thioether (sulfide) groups is 1. The van der Waals surface area contributed by atoms with Gasteiger partial charge in [0.1, 0.15) is 34.9 Å². The Bertz CT molecular complexity index is 732. The molecule has 0 aromatic heterocycles. The van der Waals surface area contributed by atoms with Gasteiger partial charge in [-0.15, -0.1) is 0 Å². The SMILES string of the molecule is O=S(=O)([O-])O/N=C(/CCc1ccccc1)S[C@@H]1O[C@H](CO)[C@@H](O)[C@H](O)[C@H]1O.[K+]. The van der Waals surface area contributed by atoms with Gasteiger partial charge in [0.25, 0.3) is 10.4 Å². The quantitative estimate of drug-likeness (QED) is 0.0783. The van der Waals surface area contributed by atoms with Crippen LogP contribution < -0.4 is 51.4 Å². The van der Waals surface area contributed by atoms with Crippen molar-refractivity contribution in [3.8, 4) is 0 Å². The van der Waals surface area contributed by atoms with Gasteiger partial charge in [-0.25, -0.2) is 0 Å². The van der Waals surface area contributed by atoms with Crippen LogP contribution in [0.2, 0.25) is 0 Å². The number of nitrogens with zero attached hydrogens (tertiary/aromatic N) is 1. The summed E-state index contributed by atoms with van der Waals surface area (Å²) in [6.45, 7) is -0.607. The summed E-state index contributed by atoms with van der Waals surface area (Å²) in [7, 11) is -5.07. The summed E-state index contributed by atoms with van der Waals surface area (Å²) in [6.07, 6.45) is -5.21. The van der Waals surface area contributed by atoms with Crippen LogP contribution in [0.25, 0.3) is 0 Å². The monoisotopic (exact) mass is 461 g/mol. The van der Waals surface area contributed by atoms with Crippen molar-refractivity contribution in [1.29, 1.82) is 0 Å². The van der Waals surface area contributed by atoms with Crippen molar-refractivity contribution < 1.29 is 93.8 Å². The topological polar surface area (TPSA) is 169 Å².